The Morgan fingerprint density at radius 3 is 2.34 bits per heavy atom. The number of halogens is 2. The molecule has 0 spiro atoms. The average Bonchev–Trinajstić information content (AvgIpc) is 3.05. The first kappa shape index (κ1) is 19.8. The van der Waals surface area contributed by atoms with Crippen LogP contribution in [-0.4, -0.2) is 19.4 Å². The second kappa shape index (κ2) is 7.75. The maximum atomic E-state index is 13.6. The molecule has 4 nitrogen and oxygen atoms in total. The molecule has 29 heavy (non-hydrogen) atoms. The standard InChI is InChI=1S/C22H18Cl2N2O2S/c1-25-21-17-9-5-6-10-20(17)26(22(21)18-13-16(23)11-12-19(18)24)29(27,28)14-15-7-3-2-4-8-15/h2-13,25H,14H2,1H3. The Kier molecular flexibility index (Phi) is 5.30. The van der Waals surface area contributed by atoms with Gasteiger partial charge in [0.05, 0.1) is 27.7 Å². The zero-order chi connectivity index (χ0) is 20.6. The third-order valence-corrected chi connectivity index (χ3v) is 6.93. The SMILES string of the molecule is CNc1c(-c2cc(Cl)ccc2Cl)n(S(=O)(=O)Cc2ccccc2)c2ccccc12. The third-order valence-electron chi connectivity index (χ3n) is 4.74. The van der Waals surface area contributed by atoms with Crippen molar-refractivity contribution in [3.05, 3.63) is 88.4 Å². The van der Waals surface area contributed by atoms with Crippen LogP contribution < -0.4 is 5.32 Å². The van der Waals surface area contributed by atoms with Crippen molar-refractivity contribution in [1.29, 1.82) is 0 Å². The molecule has 3 aromatic carbocycles. The Balaban J connectivity index is 2.06. The number of fused-ring (bicyclic) bond motifs is 1. The lowest BCUT2D eigenvalue weighted by molar-refractivity contribution is 0.589. The molecule has 4 rings (SSSR count). The smallest absolute Gasteiger partial charge is 0.243 e. The Hall–Kier alpha value is -2.47. The monoisotopic (exact) mass is 444 g/mol. The largest absolute Gasteiger partial charge is 0.386 e. The van der Waals surface area contributed by atoms with E-state index in [1.807, 2.05) is 36.4 Å². The second-order valence-corrected chi connectivity index (χ2v) is 9.28. The van der Waals surface area contributed by atoms with Gasteiger partial charge in [-0.15, -0.1) is 0 Å². The Morgan fingerprint density at radius 2 is 1.62 bits per heavy atom. The number of hydrogen-bond acceptors (Lipinski definition) is 3. The quantitative estimate of drug-likeness (QED) is 0.408. The summed E-state index contributed by atoms with van der Waals surface area (Å²) in [6, 6.07) is 21.5. The number of hydrogen-bond donors (Lipinski definition) is 1. The van der Waals surface area contributed by atoms with Crippen LogP contribution in [-0.2, 0) is 15.8 Å². The van der Waals surface area contributed by atoms with E-state index >= 15 is 0 Å². The van der Waals surface area contributed by atoms with Gasteiger partial charge in [0.2, 0.25) is 10.0 Å². The molecule has 0 fully saturated rings. The van der Waals surface area contributed by atoms with Gasteiger partial charge in [0, 0.05) is 23.0 Å². The summed E-state index contributed by atoms with van der Waals surface area (Å²) in [7, 11) is -2.00. The van der Waals surface area contributed by atoms with E-state index in [-0.39, 0.29) is 5.75 Å². The Bertz CT molecular complexity index is 1300. The summed E-state index contributed by atoms with van der Waals surface area (Å²) in [5, 5.41) is 4.84. The van der Waals surface area contributed by atoms with Gasteiger partial charge in [0.1, 0.15) is 0 Å². The van der Waals surface area contributed by atoms with Crippen LogP contribution in [0.4, 0.5) is 5.69 Å². The van der Waals surface area contributed by atoms with Gasteiger partial charge in [0.15, 0.2) is 0 Å². The van der Waals surface area contributed by atoms with Crippen molar-refractivity contribution in [1.82, 2.24) is 3.97 Å². The fourth-order valence-electron chi connectivity index (χ4n) is 3.53. The zero-order valence-electron chi connectivity index (χ0n) is 15.6. The topological polar surface area (TPSA) is 51.1 Å². The van der Waals surface area contributed by atoms with Crippen molar-refractivity contribution in [3.63, 3.8) is 0 Å². The number of benzene rings is 3. The number of aromatic nitrogens is 1. The molecule has 1 N–H and O–H groups in total. The summed E-state index contributed by atoms with van der Waals surface area (Å²) in [5.74, 6) is -0.138. The minimum absolute atomic E-state index is 0.138. The lowest BCUT2D eigenvalue weighted by Crippen LogP contribution is -2.16. The molecule has 0 saturated heterocycles. The van der Waals surface area contributed by atoms with E-state index in [0.29, 0.717) is 38.1 Å². The van der Waals surface area contributed by atoms with Crippen LogP contribution in [0.3, 0.4) is 0 Å². The molecule has 0 unspecified atom stereocenters. The minimum Gasteiger partial charge on any atom is -0.386 e. The molecule has 0 atom stereocenters. The van der Waals surface area contributed by atoms with E-state index in [9.17, 15) is 8.42 Å². The molecule has 0 bridgehead atoms. The second-order valence-electron chi connectivity index (χ2n) is 6.62. The molecule has 0 amide bonds. The van der Waals surface area contributed by atoms with E-state index in [2.05, 4.69) is 5.32 Å². The first-order valence-corrected chi connectivity index (χ1v) is 11.3. The van der Waals surface area contributed by atoms with Gasteiger partial charge in [-0.2, -0.15) is 0 Å². The summed E-state index contributed by atoms with van der Waals surface area (Å²) in [6.07, 6.45) is 0. The molecule has 0 radical (unpaired) electrons. The van der Waals surface area contributed by atoms with Gasteiger partial charge in [0.25, 0.3) is 0 Å². The highest BCUT2D eigenvalue weighted by molar-refractivity contribution is 7.89. The van der Waals surface area contributed by atoms with Crippen LogP contribution in [0, 0.1) is 0 Å². The highest BCUT2D eigenvalue weighted by Gasteiger charge is 2.27. The molecule has 0 aliphatic carbocycles. The van der Waals surface area contributed by atoms with Crippen molar-refractivity contribution in [2.45, 2.75) is 5.75 Å². The fraction of sp³-hybridized carbons (Fsp3) is 0.0909. The highest BCUT2D eigenvalue weighted by Crippen LogP contribution is 2.42. The molecular formula is C22H18Cl2N2O2S. The predicted molar refractivity (Wildman–Crippen MR) is 121 cm³/mol. The fourth-order valence-corrected chi connectivity index (χ4v) is 5.57. The first-order chi connectivity index (χ1) is 13.9. The van der Waals surface area contributed by atoms with E-state index < -0.39 is 10.0 Å². The molecule has 4 aromatic rings. The van der Waals surface area contributed by atoms with Gasteiger partial charge < -0.3 is 5.32 Å². The summed E-state index contributed by atoms with van der Waals surface area (Å²) in [6.45, 7) is 0. The van der Waals surface area contributed by atoms with Crippen molar-refractivity contribution >= 4 is 49.8 Å². The van der Waals surface area contributed by atoms with Crippen molar-refractivity contribution in [3.8, 4) is 11.3 Å². The molecule has 0 aliphatic rings. The molecule has 148 valence electrons. The van der Waals surface area contributed by atoms with E-state index in [0.717, 1.165) is 5.39 Å². The number of rotatable bonds is 5. The number of para-hydroxylation sites is 1. The van der Waals surface area contributed by atoms with Gasteiger partial charge >= 0.3 is 0 Å². The van der Waals surface area contributed by atoms with Crippen LogP contribution in [0.5, 0.6) is 0 Å². The molecule has 1 aromatic heterocycles. The maximum Gasteiger partial charge on any atom is 0.243 e. The average molecular weight is 445 g/mol. The van der Waals surface area contributed by atoms with Gasteiger partial charge in [-0.3, -0.25) is 0 Å². The minimum atomic E-state index is -3.76. The van der Waals surface area contributed by atoms with E-state index in [1.54, 1.807) is 43.4 Å². The predicted octanol–water partition coefficient (Wildman–Crippen LogP) is 6.03. The molecule has 0 aliphatic heterocycles. The van der Waals surface area contributed by atoms with Crippen LogP contribution in [0.25, 0.3) is 22.2 Å². The number of nitrogens with zero attached hydrogens (tertiary/aromatic N) is 1. The summed E-state index contributed by atoms with van der Waals surface area (Å²) < 4.78 is 28.6. The highest BCUT2D eigenvalue weighted by atomic mass is 35.5. The van der Waals surface area contributed by atoms with Crippen LogP contribution in [0.1, 0.15) is 5.56 Å². The van der Waals surface area contributed by atoms with Gasteiger partial charge in [-0.05, 0) is 29.8 Å². The first-order valence-electron chi connectivity index (χ1n) is 8.96. The number of anilines is 1. The van der Waals surface area contributed by atoms with Crippen molar-refractivity contribution in [2.24, 2.45) is 0 Å². The lowest BCUT2D eigenvalue weighted by Gasteiger charge is -2.15. The summed E-state index contributed by atoms with van der Waals surface area (Å²) in [5.41, 5.74) is 2.99. The third kappa shape index (κ3) is 3.62. The van der Waals surface area contributed by atoms with Crippen molar-refractivity contribution < 1.29 is 8.42 Å². The normalized spacial score (nSPS) is 11.7. The van der Waals surface area contributed by atoms with Crippen molar-refractivity contribution in [2.75, 3.05) is 12.4 Å². The zero-order valence-corrected chi connectivity index (χ0v) is 17.9. The van der Waals surface area contributed by atoms with Crippen LogP contribution in [0.15, 0.2) is 72.8 Å². The molecular weight excluding hydrogens is 427 g/mol. The van der Waals surface area contributed by atoms with Crippen LogP contribution >= 0.6 is 23.2 Å². The molecule has 7 heteroatoms. The van der Waals surface area contributed by atoms with Crippen LogP contribution in [0.2, 0.25) is 10.0 Å². The molecule has 0 saturated carbocycles. The summed E-state index contributed by atoms with van der Waals surface area (Å²) in [4.78, 5) is 0. The Morgan fingerprint density at radius 1 is 0.931 bits per heavy atom. The van der Waals surface area contributed by atoms with Gasteiger partial charge in [-0.25, -0.2) is 12.4 Å². The molecule has 1 heterocycles. The lowest BCUT2D eigenvalue weighted by atomic mass is 10.1. The van der Waals surface area contributed by atoms with E-state index in [1.165, 1.54) is 3.97 Å². The van der Waals surface area contributed by atoms with E-state index in [4.69, 9.17) is 23.2 Å². The maximum absolute atomic E-state index is 13.6. The Labute approximate surface area is 179 Å². The number of nitrogens with one attached hydrogen (secondary N) is 1. The van der Waals surface area contributed by atoms with Gasteiger partial charge in [-0.1, -0.05) is 71.7 Å². The summed E-state index contributed by atoms with van der Waals surface area (Å²) >= 11 is 12.7.